The Morgan fingerprint density at radius 1 is 1.00 bits per heavy atom. The van der Waals surface area contributed by atoms with Gasteiger partial charge in [0.15, 0.2) is 11.5 Å². The van der Waals surface area contributed by atoms with Crippen molar-refractivity contribution >= 4 is 0 Å². The summed E-state index contributed by atoms with van der Waals surface area (Å²) < 4.78 is 16.5. The monoisotopic (exact) mass is 320 g/mol. The minimum atomic E-state index is 0.523. The van der Waals surface area contributed by atoms with Crippen molar-refractivity contribution in [2.75, 3.05) is 47.5 Å². The summed E-state index contributed by atoms with van der Waals surface area (Å²) >= 11 is 0. The van der Waals surface area contributed by atoms with Gasteiger partial charge in [-0.1, -0.05) is 6.07 Å². The normalized spacial score (nSPS) is 20.7. The molecule has 5 nitrogen and oxygen atoms in total. The maximum atomic E-state index is 5.62. The van der Waals surface area contributed by atoms with E-state index in [4.69, 9.17) is 14.2 Å². The largest absolute Gasteiger partial charge is 0.493 e. The molecule has 5 heteroatoms. The maximum absolute atomic E-state index is 5.62. The second kappa shape index (κ2) is 6.97. The molecule has 1 N–H and O–H groups in total. The molecule has 0 radical (unpaired) electrons. The van der Waals surface area contributed by atoms with Gasteiger partial charge in [-0.3, -0.25) is 4.90 Å². The number of nitrogens with one attached hydrogen (secondary N) is 1. The second-order valence-electron chi connectivity index (χ2n) is 6.70. The number of methoxy groups -OCH3 is 3. The molecule has 0 bridgehead atoms. The third-order valence-corrected chi connectivity index (χ3v) is 5.36. The molecule has 3 rings (SSSR count). The fourth-order valence-electron chi connectivity index (χ4n) is 4.06. The maximum Gasteiger partial charge on any atom is 0.203 e. The highest BCUT2D eigenvalue weighted by Crippen LogP contribution is 2.43. The van der Waals surface area contributed by atoms with E-state index in [-0.39, 0.29) is 0 Å². The Kier molecular flexibility index (Phi) is 4.97. The minimum absolute atomic E-state index is 0.523. The highest BCUT2D eigenvalue weighted by Gasteiger charge is 2.38. The number of benzene rings is 1. The Balaban J connectivity index is 1.75. The number of rotatable bonds is 5. The molecule has 2 saturated heterocycles. The van der Waals surface area contributed by atoms with Crippen molar-refractivity contribution in [3.8, 4) is 17.2 Å². The molecule has 2 fully saturated rings. The topological polar surface area (TPSA) is 43.0 Å². The third kappa shape index (κ3) is 3.26. The van der Waals surface area contributed by atoms with Crippen molar-refractivity contribution in [2.24, 2.45) is 5.41 Å². The van der Waals surface area contributed by atoms with E-state index in [9.17, 15) is 0 Å². The van der Waals surface area contributed by atoms with Gasteiger partial charge in [0.25, 0.3) is 0 Å². The number of nitrogens with zero attached hydrogens (tertiary/aromatic N) is 1. The van der Waals surface area contributed by atoms with E-state index < -0.39 is 0 Å². The smallest absolute Gasteiger partial charge is 0.203 e. The van der Waals surface area contributed by atoms with Crippen LogP contribution in [0, 0.1) is 5.41 Å². The summed E-state index contributed by atoms with van der Waals surface area (Å²) in [5.41, 5.74) is 1.69. The zero-order valence-electron chi connectivity index (χ0n) is 14.5. The quantitative estimate of drug-likeness (QED) is 0.902. The molecule has 0 aromatic heterocycles. The fraction of sp³-hybridized carbons (Fsp3) is 0.667. The van der Waals surface area contributed by atoms with Crippen molar-refractivity contribution in [3.05, 3.63) is 17.7 Å². The van der Waals surface area contributed by atoms with E-state index in [0.717, 1.165) is 37.5 Å². The van der Waals surface area contributed by atoms with Crippen molar-refractivity contribution in [2.45, 2.75) is 25.8 Å². The Morgan fingerprint density at radius 2 is 1.74 bits per heavy atom. The lowest BCUT2D eigenvalue weighted by molar-refractivity contribution is 0.193. The van der Waals surface area contributed by atoms with Crippen LogP contribution < -0.4 is 19.5 Å². The zero-order chi connectivity index (χ0) is 16.3. The third-order valence-electron chi connectivity index (χ3n) is 5.36. The van der Waals surface area contributed by atoms with Crippen LogP contribution in [0.4, 0.5) is 0 Å². The van der Waals surface area contributed by atoms with Crippen LogP contribution in [-0.2, 0) is 6.54 Å². The highest BCUT2D eigenvalue weighted by molar-refractivity contribution is 5.55. The summed E-state index contributed by atoms with van der Waals surface area (Å²) in [7, 11) is 5.00. The Labute approximate surface area is 138 Å². The molecule has 1 aromatic carbocycles. The van der Waals surface area contributed by atoms with Gasteiger partial charge in [0.2, 0.25) is 5.75 Å². The van der Waals surface area contributed by atoms with E-state index in [0.29, 0.717) is 16.9 Å². The summed E-state index contributed by atoms with van der Waals surface area (Å²) in [6.45, 7) is 5.57. The number of piperidine rings is 1. The molecule has 0 saturated carbocycles. The number of hydrogen-bond donors (Lipinski definition) is 1. The summed E-state index contributed by atoms with van der Waals surface area (Å²) in [5, 5.41) is 3.48. The van der Waals surface area contributed by atoms with Crippen LogP contribution in [-0.4, -0.2) is 52.4 Å². The van der Waals surface area contributed by atoms with Crippen molar-refractivity contribution < 1.29 is 14.2 Å². The van der Waals surface area contributed by atoms with Crippen molar-refractivity contribution in [1.82, 2.24) is 10.2 Å². The van der Waals surface area contributed by atoms with E-state index in [1.807, 2.05) is 6.07 Å². The molecule has 23 heavy (non-hydrogen) atoms. The second-order valence-corrected chi connectivity index (χ2v) is 6.70. The molecule has 0 unspecified atom stereocenters. The SMILES string of the molecule is COc1ccc(CN2CCC3(CCNCC3)C2)c(OC)c1OC. The first-order valence-electron chi connectivity index (χ1n) is 8.42. The van der Waals surface area contributed by atoms with E-state index in [2.05, 4.69) is 16.3 Å². The van der Waals surface area contributed by atoms with Gasteiger partial charge in [0, 0.05) is 18.7 Å². The first kappa shape index (κ1) is 16.4. The number of hydrogen-bond acceptors (Lipinski definition) is 5. The number of likely N-dealkylation sites (tertiary alicyclic amines) is 1. The summed E-state index contributed by atoms with van der Waals surface area (Å²) in [6, 6.07) is 4.06. The zero-order valence-corrected chi connectivity index (χ0v) is 14.5. The van der Waals surface area contributed by atoms with E-state index in [1.165, 1.54) is 25.8 Å². The Morgan fingerprint density at radius 3 is 2.39 bits per heavy atom. The summed E-state index contributed by atoms with van der Waals surface area (Å²) in [6.07, 6.45) is 3.91. The van der Waals surface area contributed by atoms with Crippen LogP contribution >= 0.6 is 0 Å². The van der Waals surface area contributed by atoms with Gasteiger partial charge in [0.05, 0.1) is 21.3 Å². The lowest BCUT2D eigenvalue weighted by atomic mass is 9.78. The first-order valence-corrected chi connectivity index (χ1v) is 8.42. The lowest BCUT2D eigenvalue weighted by Gasteiger charge is -2.34. The summed E-state index contributed by atoms with van der Waals surface area (Å²) in [4.78, 5) is 2.55. The van der Waals surface area contributed by atoms with Gasteiger partial charge >= 0.3 is 0 Å². The molecule has 0 atom stereocenters. The fourth-order valence-corrected chi connectivity index (χ4v) is 4.06. The molecule has 0 aliphatic carbocycles. The summed E-state index contributed by atoms with van der Waals surface area (Å²) in [5.74, 6) is 2.19. The van der Waals surface area contributed by atoms with Crippen LogP contribution in [0.15, 0.2) is 12.1 Å². The van der Waals surface area contributed by atoms with E-state index in [1.54, 1.807) is 21.3 Å². The van der Waals surface area contributed by atoms with Gasteiger partial charge in [-0.25, -0.2) is 0 Å². The Bertz CT molecular complexity index is 541. The minimum Gasteiger partial charge on any atom is -0.493 e. The molecule has 128 valence electrons. The standard InChI is InChI=1S/C18H28N2O3/c1-21-15-5-4-14(16(22-2)17(15)23-3)12-20-11-8-18(13-20)6-9-19-10-7-18/h4-5,19H,6-13H2,1-3H3. The van der Waals surface area contributed by atoms with Crippen LogP contribution in [0.3, 0.4) is 0 Å². The van der Waals surface area contributed by atoms with Gasteiger partial charge in [-0.05, 0) is 50.4 Å². The predicted molar refractivity (Wildman–Crippen MR) is 90.5 cm³/mol. The molecule has 1 aromatic rings. The van der Waals surface area contributed by atoms with Crippen molar-refractivity contribution in [1.29, 1.82) is 0 Å². The van der Waals surface area contributed by atoms with Gasteiger partial charge < -0.3 is 19.5 Å². The molecule has 0 amide bonds. The molecule has 2 aliphatic rings. The van der Waals surface area contributed by atoms with Crippen LogP contribution in [0.25, 0.3) is 0 Å². The lowest BCUT2D eigenvalue weighted by Crippen LogP contribution is -2.38. The predicted octanol–water partition coefficient (Wildman–Crippen LogP) is 2.29. The molecular weight excluding hydrogens is 292 g/mol. The van der Waals surface area contributed by atoms with Crippen molar-refractivity contribution in [3.63, 3.8) is 0 Å². The molecular formula is C18H28N2O3. The number of ether oxygens (including phenoxy) is 3. The molecule has 1 spiro atoms. The first-order chi connectivity index (χ1) is 11.2. The van der Waals surface area contributed by atoms with Crippen LogP contribution in [0.5, 0.6) is 17.2 Å². The average Bonchev–Trinajstić information content (AvgIpc) is 2.96. The molecule has 2 aliphatic heterocycles. The van der Waals surface area contributed by atoms with Gasteiger partial charge in [0.1, 0.15) is 0 Å². The Hall–Kier alpha value is -1.46. The van der Waals surface area contributed by atoms with Gasteiger partial charge in [-0.15, -0.1) is 0 Å². The average molecular weight is 320 g/mol. The van der Waals surface area contributed by atoms with Gasteiger partial charge in [-0.2, -0.15) is 0 Å². The van der Waals surface area contributed by atoms with Crippen LogP contribution in [0.1, 0.15) is 24.8 Å². The van der Waals surface area contributed by atoms with Crippen LogP contribution in [0.2, 0.25) is 0 Å². The highest BCUT2D eigenvalue weighted by atomic mass is 16.5. The molecule has 2 heterocycles. The van der Waals surface area contributed by atoms with E-state index >= 15 is 0 Å².